The quantitative estimate of drug-likeness (QED) is 0.401. The zero-order valence-corrected chi connectivity index (χ0v) is 11.1. The number of hydrogen-bond acceptors (Lipinski definition) is 3. The Kier molecular flexibility index (Phi) is 3.12. The Bertz CT molecular complexity index is 500. The molecule has 1 aliphatic heterocycles. The van der Waals surface area contributed by atoms with Crippen LogP contribution in [0.15, 0.2) is 29.3 Å². The number of para-hydroxylation sites is 1. The minimum absolute atomic E-state index is 0.0998. The Labute approximate surface area is 106 Å². The van der Waals surface area contributed by atoms with Crippen LogP contribution in [0.4, 0.5) is 5.69 Å². The van der Waals surface area contributed by atoms with Gasteiger partial charge in [0.15, 0.2) is 5.17 Å². The van der Waals surface area contributed by atoms with E-state index in [0.717, 1.165) is 11.7 Å². The van der Waals surface area contributed by atoms with Gasteiger partial charge in [-0.3, -0.25) is 0 Å². The number of fused-ring (bicyclic) bond motifs is 1. The molecule has 0 spiro atoms. The highest BCUT2D eigenvalue weighted by Gasteiger charge is 2.36. The molecule has 1 aromatic carbocycles. The standard InChI is InChI=1S/C13H15N3S/c1-13(2)8-16(12(17-3)15-9-14)11-7-5-4-6-10(11)13/h4-7H,8H2,1-3H3. The van der Waals surface area contributed by atoms with Crippen LogP contribution in [0.2, 0.25) is 0 Å². The minimum Gasteiger partial charge on any atom is -0.319 e. The molecule has 0 saturated heterocycles. The predicted molar refractivity (Wildman–Crippen MR) is 73.4 cm³/mol. The predicted octanol–water partition coefficient (Wildman–Crippen LogP) is 2.98. The molecule has 1 aliphatic rings. The fourth-order valence-electron chi connectivity index (χ4n) is 2.28. The molecule has 0 radical (unpaired) electrons. The Balaban J connectivity index is 2.49. The summed E-state index contributed by atoms with van der Waals surface area (Å²) < 4.78 is 0. The van der Waals surface area contributed by atoms with Gasteiger partial charge in [-0.1, -0.05) is 43.8 Å². The number of thioether (sulfide) groups is 1. The Morgan fingerprint density at radius 3 is 2.82 bits per heavy atom. The number of rotatable bonds is 0. The van der Waals surface area contributed by atoms with Crippen molar-refractivity contribution in [1.82, 2.24) is 0 Å². The molecule has 88 valence electrons. The van der Waals surface area contributed by atoms with Gasteiger partial charge in [-0.2, -0.15) is 5.26 Å². The van der Waals surface area contributed by atoms with Crippen molar-refractivity contribution in [2.75, 3.05) is 17.7 Å². The highest BCUT2D eigenvalue weighted by Crippen LogP contribution is 2.41. The Morgan fingerprint density at radius 1 is 1.47 bits per heavy atom. The molecule has 17 heavy (non-hydrogen) atoms. The molecule has 0 aliphatic carbocycles. The van der Waals surface area contributed by atoms with Gasteiger partial charge in [0, 0.05) is 17.6 Å². The number of amidine groups is 1. The summed E-state index contributed by atoms with van der Waals surface area (Å²) in [7, 11) is 0. The van der Waals surface area contributed by atoms with E-state index in [9.17, 15) is 0 Å². The van der Waals surface area contributed by atoms with Crippen molar-refractivity contribution < 1.29 is 0 Å². The van der Waals surface area contributed by atoms with Crippen molar-refractivity contribution >= 4 is 22.6 Å². The van der Waals surface area contributed by atoms with E-state index in [-0.39, 0.29) is 5.41 Å². The van der Waals surface area contributed by atoms with Gasteiger partial charge >= 0.3 is 0 Å². The van der Waals surface area contributed by atoms with Crippen molar-refractivity contribution in [2.45, 2.75) is 19.3 Å². The van der Waals surface area contributed by atoms with Crippen molar-refractivity contribution in [3.8, 4) is 6.19 Å². The van der Waals surface area contributed by atoms with Crippen LogP contribution in [-0.4, -0.2) is 18.0 Å². The van der Waals surface area contributed by atoms with Crippen molar-refractivity contribution in [2.24, 2.45) is 4.99 Å². The lowest BCUT2D eigenvalue weighted by molar-refractivity contribution is 0.573. The number of anilines is 1. The van der Waals surface area contributed by atoms with E-state index in [1.807, 2.05) is 18.5 Å². The molecule has 0 N–H and O–H groups in total. The van der Waals surface area contributed by atoms with Gasteiger partial charge in [0.2, 0.25) is 6.19 Å². The maximum atomic E-state index is 8.73. The first kappa shape index (κ1) is 12.0. The van der Waals surface area contributed by atoms with E-state index in [4.69, 9.17) is 5.26 Å². The van der Waals surface area contributed by atoms with E-state index in [1.165, 1.54) is 23.0 Å². The molecular weight excluding hydrogens is 230 g/mol. The monoisotopic (exact) mass is 245 g/mol. The zero-order valence-electron chi connectivity index (χ0n) is 10.3. The maximum Gasteiger partial charge on any atom is 0.208 e. The lowest BCUT2D eigenvalue weighted by atomic mass is 9.87. The lowest BCUT2D eigenvalue weighted by Gasteiger charge is -2.21. The summed E-state index contributed by atoms with van der Waals surface area (Å²) in [5, 5.41) is 9.50. The first-order valence-corrected chi connectivity index (χ1v) is 6.70. The summed E-state index contributed by atoms with van der Waals surface area (Å²) >= 11 is 1.51. The van der Waals surface area contributed by atoms with Crippen LogP contribution < -0.4 is 4.90 Å². The fraction of sp³-hybridized carbons (Fsp3) is 0.385. The summed E-state index contributed by atoms with van der Waals surface area (Å²) in [6.45, 7) is 5.31. The Morgan fingerprint density at radius 2 is 2.18 bits per heavy atom. The average molecular weight is 245 g/mol. The van der Waals surface area contributed by atoms with Crippen LogP contribution in [-0.2, 0) is 5.41 Å². The van der Waals surface area contributed by atoms with Crippen LogP contribution in [0.1, 0.15) is 19.4 Å². The molecule has 0 unspecified atom stereocenters. The average Bonchev–Trinajstić information content (AvgIpc) is 2.59. The van der Waals surface area contributed by atoms with Crippen molar-refractivity contribution in [3.05, 3.63) is 29.8 Å². The summed E-state index contributed by atoms with van der Waals surface area (Å²) in [6, 6.07) is 8.33. The molecule has 0 bridgehead atoms. The second kappa shape index (κ2) is 4.42. The van der Waals surface area contributed by atoms with Crippen LogP contribution >= 0.6 is 11.8 Å². The highest BCUT2D eigenvalue weighted by molar-refractivity contribution is 8.13. The van der Waals surface area contributed by atoms with E-state index >= 15 is 0 Å². The normalized spacial score (nSPS) is 17.8. The molecule has 0 atom stereocenters. The molecule has 0 fully saturated rings. The van der Waals surface area contributed by atoms with E-state index in [1.54, 1.807) is 0 Å². The van der Waals surface area contributed by atoms with Gasteiger partial charge in [0.05, 0.1) is 0 Å². The summed E-state index contributed by atoms with van der Waals surface area (Å²) in [5.41, 5.74) is 2.59. The van der Waals surface area contributed by atoms with Crippen LogP contribution in [0.25, 0.3) is 0 Å². The minimum atomic E-state index is 0.0998. The van der Waals surface area contributed by atoms with E-state index in [0.29, 0.717) is 0 Å². The highest BCUT2D eigenvalue weighted by atomic mass is 32.2. The molecule has 0 aromatic heterocycles. The maximum absolute atomic E-state index is 8.73. The summed E-state index contributed by atoms with van der Waals surface area (Å²) in [5.74, 6) is 0. The smallest absolute Gasteiger partial charge is 0.208 e. The second-order valence-electron chi connectivity index (χ2n) is 4.69. The third-order valence-corrected chi connectivity index (χ3v) is 3.71. The number of nitrogens with zero attached hydrogens (tertiary/aromatic N) is 3. The number of hydrogen-bond donors (Lipinski definition) is 0. The fourth-order valence-corrected chi connectivity index (χ4v) is 2.79. The lowest BCUT2D eigenvalue weighted by Crippen LogP contribution is -2.32. The SMILES string of the molecule is CSC(=NC#N)N1CC(C)(C)c2ccccc21. The van der Waals surface area contributed by atoms with Crippen molar-refractivity contribution in [1.29, 1.82) is 5.26 Å². The van der Waals surface area contributed by atoms with Gasteiger partial charge in [-0.25, -0.2) is 0 Å². The molecule has 3 nitrogen and oxygen atoms in total. The molecule has 2 rings (SSSR count). The first-order valence-electron chi connectivity index (χ1n) is 5.48. The van der Waals surface area contributed by atoms with E-state index < -0.39 is 0 Å². The summed E-state index contributed by atoms with van der Waals surface area (Å²) in [4.78, 5) is 6.03. The first-order chi connectivity index (χ1) is 8.10. The van der Waals surface area contributed by atoms with Gasteiger partial charge in [-0.05, 0) is 17.9 Å². The van der Waals surface area contributed by atoms with Gasteiger partial charge in [-0.15, -0.1) is 4.99 Å². The number of aliphatic imine (C=N–C) groups is 1. The zero-order chi connectivity index (χ0) is 12.5. The molecule has 0 saturated carbocycles. The van der Waals surface area contributed by atoms with Gasteiger partial charge < -0.3 is 4.90 Å². The van der Waals surface area contributed by atoms with Crippen LogP contribution in [0.3, 0.4) is 0 Å². The van der Waals surface area contributed by atoms with E-state index in [2.05, 4.69) is 41.9 Å². The molecule has 1 heterocycles. The summed E-state index contributed by atoms with van der Waals surface area (Å²) in [6.07, 6.45) is 3.83. The second-order valence-corrected chi connectivity index (χ2v) is 5.46. The molecular formula is C13H15N3S. The number of benzene rings is 1. The topological polar surface area (TPSA) is 39.4 Å². The molecule has 0 amide bonds. The number of nitriles is 1. The third kappa shape index (κ3) is 2.03. The van der Waals surface area contributed by atoms with Crippen LogP contribution in [0.5, 0.6) is 0 Å². The Hall–Kier alpha value is -1.47. The largest absolute Gasteiger partial charge is 0.319 e. The van der Waals surface area contributed by atoms with Gasteiger partial charge in [0.1, 0.15) is 0 Å². The van der Waals surface area contributed by atoms with Gasteiger partial charge in [0.25, 0.3) is 0 Å². The van der Waals surface area contributed by atoms with Crippen LogP contribution in [0, 0.1) is 11.5 Å². The molecule has 1 aromatic rings. The van der Waals surface area contributed by atoms with Crippen molar-refractivity contribution in [3.63, 3.8) is 0 Å². The molecule has 4 heteroatoms. The third-order valence-electron chi connectivity index (χ3n) is 3.04.